The number of halogens is 1. The predicted octanol–water partition coefficient (Wildman–Crippen LogP) is 3.39. The number of hydrogen-bond donors (Lipinski definition) is 0. The average Bonchev–Trinajstić information content (AvgIpc) is 2.38. The van der Waals surface area contributed by atoms with Crippen LogP contribution in [0.4, 0.5) is 0 Å². The van der Waals surface area contributed by atoms with Crippen molar-refractivity contribution in [1.29, 1.82) is 0 Å². The van der Waals surface area contributed by atoms with E-state index >= 15 is 0 Å². The first-order valence-electron chi connectivity index (χ1n) is 6.49. The van der Waals surface area contributed by atoms with Crippen LogP contribution < -0.4 is 0 Å². The van der Waals surface area contributed by atoms with Gasteiger partial charge in [-0.1, -0.05) is 31.4 Å². The first-order valence-corrected chi connectivity index (χ1v) is 6.86. The molecule has 1 amide bonds. The van der Waals surface area contributed by atoms with Crippen molar-refractivity contribution in [3.05, 3.63) is 29.0 Å². The summed E-state index contributed by atoms with van der Waals surface area (Å²) < 4.78 is 0. The van der Waals surface area contributed by atoms with Crippen LogP contribution in [0.5, 0.6) is 0 Å². The van der Waals surface area contributed by atoms with Gasteiger partial charge < -0.3 is 4.90 Å². The molecule has 2 atom stereocenters. The zero-order chi connectivity index (χ0) is 13.1. The summed E-state index contributed by atoms with van der Waals surface area (Å²) in [5.74, 6) is 0.537. The van der Waals surface area contributed by atoms with Crippen molar-refractivity contribution < 1.29 is 4.79 Å². The molecule has 1 fully saturated rings. The second-order valence-corrected chi connectivity index (χ2v) is 5.44. The van der Waals surface area contributed by atoms with Gasteiger partial charge in [0, 0.05) is 19.3 Å². The monoisotopic (exact) mass is 266 g/mol. The second kappa shape index (κ2) is 5.70. The van der Waals surface area contributed by atoms with E-state index in [4.69, 9.17) is 11.6 Å². The van der Waals surface area contributed by atoms with Gasteiger partial charge in [-0.15, -0.1) is 0 Å². The van der Waals surface area contributed by atoms with Gasteiger partial charge in [0.15, 0.2) is 0 Å². The third kappa shape index (κ3) is 2.66. The summed E-state index contributed by atoms with van der Waals surface area (Å²) in [6.45, 7) is 2.22. The molecule has 1 saturated carbocycles. The molecule has 0 aliphatic heterocycles. The number of pyridine rings is 1. The van der Waals surface area contributed by atoms with Crippen LogP contribution in [0.2, 0.25) is 5.15 Å². The highest BCUT2D eigenvalue weighted by molar-refractivity contribution is 6.32. The number of nitrogens with zero attached hydrogens (tertiary/aromatic N) is 2. The van der Waals surface area contributed by atoms with Crippen LogP contribution in [0.25, 0.3) is 0 Å². The van der Waals surface area contributed by atoms with Crippen LogP contribution in [0, 0.1) is 5.92 Å². The summed E-state index contributed by atoms with van der Waals surface area (Å²) in [6, 6.07) is 3.81. The molecule has 0 aromatic carbocycles. The lowest BCUT2D eigenvalue weighted by Gasteiger charge is -2.36. The number of amides is 1. The van der Waals surface area contributed by atoms with E-state index < -0.39 is 0 Å². The SMILES string of the molecule is CC1CCCCC1N(C)C(=O)c1cccnc1Cl. The van der Waals surface area contributed by atoms with Gasteiger partial charge in [-0.3, -0.25) is 4.79 Å². The zero-order valence-corrected chi connectivity index (χ0v) is 11.7. The van der Waals surface area contributed by atoms with Crippen molar-refractivity contribution in [3.8, 4) is 0 Å². The third-order valence-corrected chi connectivity index (χ3v) is 4.17. The van der Waals surface area contributed by atoms with Crippen molar-refractivity contribution in [2.75, 3.05) is 7.05 Å². The van der Waals surface area contributed by atoms with Crippen molar-refractivity contribution in [2.45, 2.75) is 38.6 Å². The average molecular weight is 267 g/mol. The number of carbonyl (C=O) groups is 1. The first kappa shape index (κ1) is 13.3. The first-order chi connectivity index (χ1) is 8.61. The molecule has 1 aromatic heterocycles. The number of hydrogen-bond acceptors (Lipinski definition) is 2. The molecule has 4 heteroatoms. The molecule has 0 N–H and O–H groups in total. The minimum absolute atomic E-state index is 0.0214. The molecule has 1 aliphatic carbocycles. The quantitative estimate of drug-likeness (QED) is 0.769. The third-order valence-electron chi connectivity index (χ3n) is 3.87. The molecule has 0 bridgehead atoms. The fraction of sp³-hybridized carbons (Fsp3) is 0.571. The number of aromatic nitrogens is 1. The lowest BCUT2D eigenvalue weighted by Crippen LogP contribution is -2.42. The van der Waals surface area contributed by atoms with E-state index in [-0.39, 0.29) is 11.1 Å². The Kier molecular flexibility index (Phi) is 4.23. The van der Waals surface area contributed by atoms with E-state index in [0.717, 1.165) is 6.42 Å². The lowest BCUT2D eigenvalue weighted by atomic mass is 9.85. The van der Waals surface area contributed by atoms with Crippen LogP contribution in [0.3, 0.4) is 0 Å². The molecular formula is C14H19ClN2O. The van der Waals surface area contributed by atoms with Crippen molar-refractivity contribution >= 4 is 17.5 Å². The van der Waals surface area contributed by atoms with E-state index in [1.807, 2.05) is 11.9 Å². The fourth-order valence-electron chi connectivity index (χ4n) is 2.76. The van der Waals surface area contributed by atoms with Gasteiger partial charge in [-0.05, 0) is 30.9 Å². The fourth-order valence-corrected chi connectivity index (χ4v) is 2.96. The zero-order valence-electron chi connectivity index (χ0n) is 10.9. The molecule has 2 unspecified atom stereocenters. The molecule has 2 rings (SSSR count). The normalized spacial score (nSPS) is 23.7. The molecule has 1 aromatic rings. The smallest absolute Gasteiger partial charge is 0.256 e. The Morgan fingerprint density at radius 2 is 2.17 bits per heavy atom. The molecular weight excluding hydrogens is 248 g/mol. The van der Waals surface area contributed by atoms with Gasteiger partial charge in [0.25, 0.3) is 5.91 Å². The Labute approximate surface area is 113 Å². The minimum Gasteiger partial charge on any atom is -0.338 e. The highest BCUT2D eigenvalue weighted by atomic mass is 35.5. The highest BCUT2D eigenvalue weighted by Crippen LogP contribution is 2.28. The Morgan fingerprint density at radius 3 is 2.83 bits per heavy atom. The molecule has 0 saturated heterocycles. The van der Waals surface area contributed by atoms with Gasteiger partial charge in [-0.25, -0.2) is 4.98 Å². The molecule has 18 heavy (non-hydrogen) atoms. The van der Waals surface area contributed by atoms with E-state index in [1.54, 1.807) is 18.3 Å². The molecule has 0 radical (unpaired) electrons. The minimum atomic E-state index is -0.0214. The van der Waals surface area contributed by atoms with Gasteiger partial charge >= 0.3 is 0 Å². The van der Waals surface area contributed by atoms with Gasteiger partial charge in [0.2, 0.25) is 0 Å². The van der Waals surface area contributed by atoms with Crippen LogP contribution in [0.1, 0.15) is 43.0 Å². The largest absolute Gasteiger partial charge is 0.338 e. The van der Waals surface area contributed by atoms with E-state index in [2.05, 4.69) is 11.9 Å². The maximum Gasteiger partial charge on any atom is 0.256 e. The highest BCUT2D eigenvalue weighted by Gasteiger charge is 2.29. The van der Waals surface area contributed by atoms with Gasteiger partial charge in [0.05, 0.1) is 5.56 Å². The summed E-state index contributed by atoms with van der Waals surface area (Å²) in [4.78, 5) is 18.2. The topological polar surface area (TPSA) is 33.2 Å². The number of carbonyl (C=O) groups excluding carboxylic acids is 1. The second-order valence-electron chi connectivity index (χ2n) is 5.09. The van der Waals surface area contributed by atoms with Crippen molar-refractivity contribution in [1.82, 2.24) is 9.88 Å². The molecule has 1 heterocycles. The Balaban J connectivity index is 2.16. The van der Waals surface area contributed by atoms with E-state index in [9.17, 15) is 4.79 Å². The van der Waals surface area contributed by atoms with Crippen LogP contribution in [0.15, 0.2) is 18.3 Å². The Morgan fingerprint density at radius 1 is 1.44 bits per heavy atom. The summed E-state index contributed by atoms with van der Waals surface area (Å²) in [7, 11) is 1.87. The Hall–Kier alpha value is -1.09. The van der Waals surface area contributed by atoms with Crippen LogP contribution >= 0.6 is 11.6 Å². The van der Waals surface area contributed by atoms with Gasteiger partial charge in [-0.2, -0.15) is 0 Å². The predicted molar refractivity (Wildman–Crippen MR) is 72.8 cm³/mol. The summed E-state index contributed by atoms with van der Waals surface area (Å²) in [5, 5.41) is 0.290. The van der Waals surface area contributed by atoms with Crippen molar-refractivity contribution in [2.24, 2.45) is 5.92 Å². The Bertz CT molecular complexity index is 436. The molecule has 3 nitrogen and oxygen atoms in total. The standard InChI is InChI=1S/C14H19ClN2O/c1-10-6-3-4-8-12(10)17(2)14(18)11-7-5-9-16-13(11)15/h5,7,9-10,12H,3-4,6,8H2,1-2H3. The van der Waals surface area contributed by atoms with E-state index in [1.165, 1.54) is 19.3 Å². The lowest BCUT2D eigenvalue weighted by molar-refractivity contribution is 0.0628. The molecule has 0 spiro atoms. The van der Waals surface area contributed by atoms with Crippen molar-refractivity contribution in [3.63, 3.8) is 0 Å². The number of rotatable bonds is 2. The summed E-state index contributed by atoms with van der Waals surface area (Å²) in [6.07, 6.45) is 6.35. The van der Waals surface area contributed by atoms with E-state index in [0.29, 0.717) is 17.5 Å². The van der Waals surface area contributed by atoms with Crippen LogP contribution in [-0.4, -0.2) is 28.9 Å². The molecule has 1 aliphatic rings. The maximum absolute atomic E-state index is 12.4. The van der Waals surface area contributed by atoms with Gasteiger partial charge in [0.1, 0.15) is 5.15 Å². The molecule has 98 valence electrons. The summed E-state index contributed by atoms with van der Waals surface area (Å²) >= 11 is 5.98. The van der Waals surface area contributed by atoms with Crippen LogP contribution in [-0.2, 0) is 0 Å². The summed E-state index contributed by atoms with van der Waals surface area (Å²) in [5.41, 5.74) is 0.499. The maximum atomic E-state index is 12.4.